The molecule has 5 aliphatic heterocycles. The van der Waals surface area contributed by atoms with Gasteiger partial charge in [0.2, 0.25) is 0 Å². The lowest BCUT2D eigenvalue weighted by molar-refractivity contribution is -0.355. The van der Waals surface area contributed by atoms with Crippen molar-refractivity contribution >= 4 is 11.9 Å². The van der Waals surface area contributed by atoms with Crippen molar-refractivity contribution in [2.75, 3.05) is 13.2 Å². The van der Waals surface area contributed by atoms with E-state index in [2.05, 4.69) is 6.92 Å². The first kappa shape index (κ1) is 51.9. The molecule has 0 aromatic carbocycles. The second kappa shape index (κ2) is 20.0. The molecule has 9 aliphatic rings. The second-order valence-corrected chi connectivity index (χ2v) is 22.2. The molecule has 0 aromatic heterocycles. The summed E-state index contributed by atoms with van der Waals surface area (Å²) in [4.78, 5) is 24.2. The molecule has 20 nitrogen and oxygen atoms in total. The Kier molecular flexibility index (Phi) is 15.1. The maximum atomic E-state index is 12.6. The molecule has 17 unspecified atom stereocenters. The van der Waals surface area contributed by atoms with Gasteiger partial charge in [0.25, 0.3) is 0 Å². The lowest BCUT2D eigenvalue weighted by atomic mass is 9.42. The average molecular weight is 985 g/mol. The van der Waals surface area contributed by atoms with Crippen molar-refractivity contribution in [3.8, 4) is 0 Å². The number of hydrogen-bond acceptors (Lipinski definition) is 20. The number of carbonyl (C=O) groups excluding carboxylic acids is 2. The molecule has 0 spiro atoms. The molecule has 9 rings (SSSR count). The quantitative estimate of drug-likeness (QED) is 0.104. The number of ether oxygens (including phenoxy) is 10. The van der Waals surface area contributed by atoms with Crippen molar-refractivity contribution < 1.29 is 97.8 Å². The summed E-state index contributed by atoms with van der Waals surface area (Å²) in [6.45, 7) is 10.3. The van der Waals surface area contributed by atoms with Gasteiger partial charge < -0.3 is 88.2 Å². The minimum absolute atomic E-state index is 0.00421. The van der Waals surface area contributed by atoms with Crippen molar-refractivity contribution in [3.05, 3.63) is 11.6 Å². The van der Waals surface area contributed by atoms with E-state index in [0.29, 0.717) is 25.2 Å². The molecule has 4 saturated heterocycles. The number of rotatable bonds is 11. The van der Waals surface area contributed by atoms with Gasteiger partial charge >= 0.3 is 11.9 Å². The number of carbonyl (C=O) groups is 2. The summed E-state index contributed by atoms with van der Waals surface area (Å²) in [5, 5.41) is 88.1. The van der Waals surface area contributed by atoms with E-state index in [4.69, 9.17) is 47.4 Å². The summed E-state index contributed by atoms with van der Waals surface area (Å²) in [7, 11) is 0. The van der Waals surface area contributed by atoms with Gasteiger partial charge in [-0.05, 0) is 107 Å². The van der Waals surface area contributed by atoms with Crippen LogP contribution in [0.15, 0.2) is 11.6 Å². The van der Waals surface area contributed by atoms with Crippen LogP contribution in [0.2, 0.25) is 0 Å². The van der Waals surface area contributed by atoms with Crippen molar-refractivity contribution in [3.63, 3.8) is 0 Å². The standard InChI is InChI=1S/C49H76O20/c1-21-43(67-38-17-32(53)44(22(2)62-38)68-39-18-33(64-24(4)51)45(23(3)63-39)69-46-42(58)41(57)40(56)34(19-50)66-46)31(52)16-37(61-21)65-27-9-11-47(5)26(14-27)7-8-29-30(47)15-35(54)48(6)28(10-12-49(29,48)59)25-13-36(55)60-20-25/h13,21-23,26-35,37-46,50,52-54,56-59H,7-12,14-20H2,1-6H3/t21?,22?,23?,26-,27+,28-,29-,30+,31?,32?,33?,34?,35-,37?,38?,39?,40?,41?,42?,43?,44?,45?,46?,47+,48+,49+/m1/s1. The van der Waals surface area contributed by atoms with Crippen molar-refractivity contribution in [2.45, 2.75) is 234 Å². The Bertz CT molecular complexity index is 1850. The number of esters is 2. The lowest BCUT2D eigenvalue weighted by Crippen LogP contribution is -2.67. The first-order valence-corrected chi connectivity index (χ1v) is 25.3. The third-order valence-electron chi connectivity index (χ3n) is 18.4. The highest BCUT2D eigenvalue weighted by Gasteiger charge is 2.71. The Morgan fingerprint density at radius 1 is 0.710 bits per heavy atom. The van der Waals surface area contributed by atoms with Crippen LogP contribution in [-0.2, 0) is 57.0 Å². The van der Waals surface area contributed by atoms with Crippen LogP contribution in [0.5, 0.6) is 0 Å². The van der Waals surface area contributed by atoms with E-state index in [9.17, 15) is 50.4 Å². The van der Waals surface area contributed by atoms with Gasteiger partial charge in [-0.1, -0.05) is 13.8 Å². The fourth-order valence-electron chi connectivity index (χ4n) is 14.6. The van der Waals surface area contributed by atoms with Crippen molar-refractivity contribution in [1.29, 1.82) is 0 Å². The van der Waals surface area contributed by atoms with Gasteiger partial charge in [0, 0.05) is 37.7 Å². The Balaban J connectivity index is 0.752. The largest absolute Gasteiger partial charge is 0.459 e. The zero-order valence-electron chi connectivity index (χ0n) is 40.5. The Labute approximate surface area is 402 Å². The molecule has 69 heavy (non-hydrogen) atoms. The first-order chi connectivity index (χ1) is 32.6. The summed E-state index contributed by atoms with van der Waals surface area (Å²) in [5.74, 6) is -0.580. The normalized spacial score (nSPS) is 53.3. The molecule has 4 saturated carbocycles. The van der Waals surface area contributed by atoms with Gasteiger partial charge in [-0.2, -0.15) is 0 Å². The topological polar surface area (TPSA) is 288 Å². The van der Waals surface area contributed by atoms with E-state index in [-0.39, 0.29) is 61.1 Å². The number of fused-ring (bicyclic) bond motifs is 5. The molecule has 0 aromatic rings. The molecule has 0 bridgehead atoms. The molecule has 4 aliphatic carbocycles. The highest BCUT2D eigenvalue weighted by molar-refractivity contribution is 5.85. The summed E-state index contributed by atoms with van der Waals surface area (Å²) < 4.78 is 60.1. The van der Waals surface area contributed by atoms with Crippen LogP contribution < -0.4 is 0 Å². The molecule has 20 heteroatoms. The summed E-state index contributed by atoms with van der Waals surface area (Å²) >= 11 is 0. The zero-order chi connectivity index (χ0) is 49.5. The number of hydrogen-bond donors (Lipinski definition) is 8. The molecule has 8 N–H and O–H groups in total. The van der Waals surface area contributed by atoms with Gasteiger partial charge in [0.05, 0.1) is 54.9 Å². The van der Waals surface area contributed by atoms with Gasteiger partial charge in [-0.15, -0.1) is 0 Å². The van der Waals surface area contributed by atoms with Crippen LogP contribution in [0.25, 0.3) is 0 Å². The fourth-order valence-corrected chi connectivity index (χ4v) is 14.6. The van der Waals surface area contributed by atoms with Crippen LogP contribution in [0, 0.1) is 34.5 Å². The number of aliphatic hydroxyl groups is 8. The highest BCUT2D eigenvalue weighted by Crippen LogP contribution is 2.70. The van der Waals surface area contributed by atoms with Crippen molar-refractivity contribution in [1.82, 2.24) is 0 Å². The third-order valence-corrected chi connectivity index (χ3v) is 18.4. The van der Waals surface area contributed by atoms with Crippen LogP contribution in [0.3, 0.4) is 0 Å². The Morgan fingerprint density at radius 2 is 1.33 bits per heavy atom. The van der Waals surface area contributed by atoms with Crippen LogP contribution in [-0.4, -0.2) is 188 Å². The molecule has 5 heterocycles. The van der Waals surface area contributed by atoms with Crippen LogP contribution in [0.4, 0.5) is 0 Å². The number of aliphatic hydroxyl groups excluding tert-OH is 7. The molecule has 0 amide bonds. The van der Waals surface area contributed by atoms with Crippen LogP contribution in [0.1, 0.15) is 112 Å². The monoisotopic (exact) mass is 984 g/mol. The molecule has 0 radical (unpaired) electrons. The smallest absolute Gasteiger partial charge is 0.331 e. The van der Waals surface area contributed by atoms with E-state index in [1.165, 1.54) is 6.92 Å². The van der Waals surface area contributed by atoms with Crippen molar-refractivity contribution in [2.24, 2.45) is 34.5 Å². The minimum Gasteiger partial charge on any atom is -0.459 e. The molecular formula is C49H76O20. The van der Waals surface area contributed by atoms with E-state index in [1.54, 1.807) is 26.8 Å². The predicted octanol–water partition coefficient (Wildman–Crippen LogP) is 0.613. The Morgan fingerprint density at radius 3 is 1.93 bits per heavy atom. The molecule has 8 fully saturated rings. The molecule has 26 atom stereocenters. The average Bonchev–Trinajstić information content (AvgIpc) is 3.84. The van der Waals surface area contributed by atoms with E-state index in [1.807, 2.05) is 6.92 Å². The summed E-state index contributed by atoms with van der Waals surface area (Å²) in [6, 6.07) is 0. The third kappa shape index (κ3) is 9.48. The summed E-state index contributed by atoms with van der Waals surface area (Å²) in [6.07, 6.45) is -11.1. The van der Waals surface area contributed by atoms with Gasteiger partial charge in [-0.25, -0.2) is 4.79 Å². The SMILES string of the molecule is CC(=O)OC1CC(OC2C(O)CC(OC3C(O)CC(O[C@H]4CC[C@@]5(C)[C@H](CC[C@@H]6[C@@H]5C[C@@H](O)[C@]5(C)[C@@H](C7=CC(=O)OC7)CC[C@]65O)C4)OC3C)OC2C)OC(C)C1OC1OC(CO)C(O)C(O)C1O. The Hall–Kier alpha value is -1.96. The lowest BCUT2D eigenvalue weighted by Gasteiger charge is -2.65. The fraction of sp³-hybridized carbons (Fsp3) is 0.918. The van der Waals surface area contributed by atoms with E-state index in [0.717, 1.165) is 37.7 Å². The van der Waals surface area contributed by atoms with Gasteiger partial charge in [-0.3, -0.25) is 4.79 Å². The number of cyclic esters (lactones) is 1. The molecule has 392 valence electrons. The summed E-state index contributed by atoms with van der Waals surface area (Å²) in [5.41, 5.74) is -1.01. The van der Waals surface area contributed by atoms with Crippen LogP contribution >= 0.6 is 0 Å². The molecular weight excluding hydrogens is 909 g/mol. The maximum absolute atomic E-state index is 12.6. The van der Waals surface area contributed by atoms with Gasteiger partial charge in [0.1, 0.15) is 55.4 Å². The highest BCUT2D eigenvalue weighted by atomic mass is 16.8. The van der Waals surface area contributed by atoms with E-state index < -0.39 is 134 Å². The van der Waals surface area contributed by atoms with Gasteiger partial charge in [0.15, 0.2) is 25.2 Å². The second-order valence-electron chi connectivity index (χ2n) is 22.2. The first-order valence-electron chi connectivity index (χ1n) is 25.3. The van der Waals surface area contributed by atoms with E-state index >= 15 is 0 Å². The minimum atomic E-state index is -1.69. The zero-order valence-corrected chi connectivity index (χ0v) is 40.5. The predicted molar refractivity (Wildman–Crippen MR) is 235 cm³/mol. The maximum Gasteiger partial charge on any atom is 0.331 e.